The first-order valence-corrected chi connectivity index (χ1v) is 9.09. The van der Waals surface area contributed by atoms with Gasteiger partial charge in [-0.3, -0.25) is 9.59 Å². The van der Waals surface area contributed by atoms with Crippen LogP contribution >= 0.6 is 22.7 Å². The van der Waals surface area contributed by atoms with Crippen molar-refractivity contribution in [2.75, 3.05) is 5.32 Å². The molecule has 3 N–H and O–H groups in total. The first-order valence-electron chi connectivity index (χ1n) is 7.39. The van der Waals surface area contributed by atoms with Gasteiger partial charge in [0.15, 0.2) is 0 Å². The average molecular weight is 334 g/mol. The molecule has 116 valence electrons. The number of hydrogen-bond donors (Lipinski definition) is 2. The highest BCUT2D eigenvalue weighted by Crippen LogP contribution is 2.40. The van der Waals surface area contributed by atoms with Crippen LogP contribution in [0.15, 0.2) is 17.5 Å². The Morgan fingerprint density at radius 1 is 1.45 bits per heavy atom. The summed E-state index contributed by atoms with van der Waals surface area (Å²) in [6.45, 7) is 2.19. The zero-order valence-corrected chi connectivity index (χ0v) is 14.0. The van der Waals surface area contributed by atoms with Crippen molar-refractivity contribution in [3.63, 3.8) is 0 Å². The van der Waals surface area contributed by atoms with E-state index in [4.69, 9.17) is 5.73 Å². The molecule has 0 aromatic carbocycles. The van der Waals surface area contributed by atoms with E-state index in [0.717, 1.165) is 31.2 Å². The maximum absolute atomic E-state index is 12.2. The van der Waals surface area contributed by atoms with Gasteiger partial charge in [-0.15, -0.1) is 22.7 Å². The summed E-state index contributed by atoms with van der Waals surface area (Å²) in [5.74, 6) is 0.0322. The lowest BCUT2D eigenvalue weighted by atomic mass is 9.85. The molecule has 0 saturated heterocycles. The molecular weight excluding hydrogens is 316 g/mol. The van der Waals surface area contributed by atoms with Crippen molar-refractivity contribution >= 4 is 39.5 Å². The number of anilines is 1. The second-order valence-electron chi connectivity index (χ2n) is 5.52. The van der Waals surface area contributed by atoms with Crippen molar-refractivity contribution in [1.82, 2.24) is 0 Å². The van der Waals surface area contributed by atoms with Crippen molar-refractivity contribution in [2.45, 2.75) is 32.6 Å². The van der Waals surface area contributed by atoms with Crippen molar-refractivity contribution in [3.8, 4) is 0 Å². The quantitative estimate of drug-likeness (QED) is 0.895. The van der Waals surface area contributed by atoms with Gasteiger partial charge in [-0.25, -0.2) is 0 Å². The molecule has 0 radical (unpaired) electrons. The van der Waals surface area contributed by atoms with Gasteiger partial charge in [0.05, 0.1) is 10.4 Å². The number of rotatable bonds is 4. The average Bonchev–Trinajstić information content (AvgIpc) is 3.13. The topological polar surface area (TPSA) is 72.2 Å². The van der Waals surface area contributed by atoms with E-state index in [1.165, 1.54) is 27.6 Å². The van der Waals surface area contributed by atoms with Crippen molar-refractivity contribution < 1.29 is 9.59 Å². The number of carbonyl (C=O) groups is 2. The van der Waals surface area contributed by atoms with Gasteiger partial charge >= 0.3 is 0 Å². The van der Waals surface area contributed by atoms with Crippen LogP contribution in [0.25, 0.3) is 0 Å². The highest BCUT2D eigenvalue weighted by molar-refractivity contribution is 7.17. The Balaban J connectivity index is 1.92. The first-order chi connectivity index (χ1) is 10.6. The fourth-order valence-corrected chi connectivity index (χ4v) is 4.91. The summed E-state index contributed by atoms with van der Waals surface area (Å²) in [7, 11) is 0. The van der Waals surface area contributed by atoms with Gasteiger partial charge in [0.1, 0.15) is 5.00 Å². The molecule has 2 heterocycles. The summed E-state index contributed by atoms with van der Waals surface area (Å²) < 4.78 is 0. The Morgan fingerprint density at radius 3 is 2.91 bits per heavy atom. The number of primary amides is 1. The first kappa shape index (κ1) is 15.2. The standard InChI is InChI=1S/C16H18N2O2S2/c1-2-9-5-6-10-12(8-9)22-16(13(10)14(17)19)18-15(20)11-4-3-7-21-11/h3-4,7,9H,2,5-6,8H2,1H3,(H2,17,19)(H,18,20)/t9-/m1/s1. The minimum Gasteiger partial charge on any atom is -0.365 e. The highest BCUT2D eigenvalue weighted by Gasteiger charge is 2.28. The van der Waals surface area contributed by atoms with Gasteiger partial charge in [-0.2, -0.15) is 0 Å². The molecule has 2 amide bonds. The second kappa shape index (κ2) is 6.22. The van der Waals surface area contributed by atoms with Crippen LogP contribution in [0, 0.1) is 5.92 Å². The van der Waals surface area contributed by atoms with E-state index >= 15 is 0 Å². The van der Waals surface area contributed by atoms with Gasteiger partial charge in [0.2, 0.25) is 0 Å². The third kappa shape index (κ3) is 2.80. The minimum absolute atomic E-state index is 0.178. The Bertz CT molecular complexity index is 704. The molecule has 0 unspecified atom stereocenters. The normalized spacial score (nSPS) is 17.0. The van der Waals surface area contributed by atoms with E-state index in [0.29, 0.717) is 21.4 Å². The lowest BCUT2D eigenvalue weighted by Crippen LogP contribution is -2.19. The summed E-state index contributed by atoms with van der Waals surface area (Å²) in [5, 5.41) is 5.33. The number of hydrogen-bond acceptors (Lipinski definition) is 4. The van der Waals surface area contributed by atoms with E-state index in [1.807, 2.05) is 11.4 Å². The Hall–Kier alpha value is -1.66. The SMILES string of the molecule is CC[C@@H]1CCc2c(sc(NC(=O)c3cccs3)c2C(N)=O)C1. The zero-order valence-electron chi connectivity index (χ0n) is 12.3. The zero-order chi connectivity index (χ0) is 15.7. The van der Waals surface area contributed by atoms with E-state index in [-0.39, 0.29) is 5.91 Å². The fraction of sp³-hybridized carbons (Fsp3) is 0.375. The highest BCUT2D eigenvalue weighted by atomic mass is 32.1. The molecule has 1 atom stereocenters. The number of amides is 2. The van der Waals surface area contributed by atoms with E-state index in [2.05, 4.69) is 12.2 Å². The van der Waals surface area contributed by atoms with Gasteiger partial charge in [-0.05, 0) is 42.2 Å². The van der Waals surface area contributed by atoms with Crippen molar-refractivity contribution in [2.24, 2.45) is 11.7 Å². The molecule has 2 aromatic rings. The van der Waals surface area contributed by atoms with E-state index < -0.39 is 5.91 Å². The summed E-state index contributed by atoms with van der Waals surface area (Å²) in [6.07, 6.45) is 4.07. The van der Waals surface area contributed by atoms with Crippen molar-refractivity contribution in [1.29, 1.82) is 0 Å². The fourth-order valence-electron chi connectivity index (χ4n) is 2.92. The number of nitrogens with one attached hydrogen (secondary N) is 1. The minimum atomic E-state index is -0.450. The lowest BCUT2D eigenvalue weighted by Gasteiger charge is -2.20. The molecule has 22 heavy (non-hydrogen) atoms. The summed E-state index contributed by atoms with van der Waals surface area (Å²) in [4.78, 5) is 25.9. The maximum Gasteiger partial charge on any atom is 0.266 e. The van der Waals surface area contributed by atoms with Gasteiger partial charge in [0, 0.05) is 4.88 Å². The van der Waals surface area contributed by atoms with Gasteiger partial charge < -0.3 is 11.1 Å². The van der Waals surface area contributed by atoms with E-state index in [1.54, 1.807) is 6.07 Å². The molecule has 1 aliphatic carbocycles. The smallest absolute Gasteiger partial charge is 0.266 e. The molecule has 0 fully saturated rings. The number of thiophene rings is 2. The number of nitrogens with two attached hydrogens (primary N) is 1. The molecule has 1 aliphatic rings. The van der Waals surface area contributed by atoms with Crippen LogP contribution in [0.2, 0.25) is 0 Å². The molecule has 0 spiro atoms. The Labute approximate surface area is 137 Å². The molecule has 0 saturated carbocycles. The van der Waals surface area contributed by atoms with Gasteiger partial charge in [-0.1, -0.05) is 19.4 Å². The van der Waals surface area contributed by atoms with Crippen LogP contribution < -0.4 is 11.1 Å². The Kier molecular flexibility index (Phi) is 4.31. The summed E-state index contributed by atoms with van der Waals surface area (Å²) >= 11 is 2.89. The third-order valence-corrected chi connectivity index (χ3v) is 6.20. The predicted molar refractivity (Wildman–Crippen MR) is 90.9 cm³/mol. The maximum atomic E-state index is 12.2. The lowest BCUT2D eigenvalue weighted by molar-refractivity contribution is 0.1000. The van der Waals surface area contributed by atoms with Crippen LogP contribution in [0.1, 0.15) is 50.2 Å². The second-order valence-corrected chi connectivity index (χ2v) is 7.57. The predicted octanol–water partition coefficient (Wildman–Crippen LogP) is 3.68. The van der Waals surface area contributed by atoms with Crippen LogP contribution in [0.4, 0.5) is 5.00 Å². The van der Waals surface area contributed by atoms with Crippen LogP contribution in [-0.4, -0.2) is 11.8 Å². The molecule has 2 aromatic heterocycles. The number of carbonyl (C=O) groups excluding carboxylic acids is 2. The molecular formula is C16H18N2O2S2. The molecule has 4 nitrogen and oxygen atoms in total. The van der Waals surface area contributed by atoms with Gasteiger partial charge in [0.25, 0.3) is 11.8 Å². The molecule has 6 heteroatoms. The van der Waals surface area contributed by atoms with Crippen molar-refractivity contribution in [3.05, 3.63) is 38.4 Å². The number of fused-ring (bicyclic) bond motifs is 1. The summed E-state index contributed by atoms with van der Waals surface area (Å²) in [6, 6.07) is 3.60. The third-order valence-electron chi connectivity index (χ3n) is 4.16. The Morgan fingerprint density at radius 2 is 2.27 bits per heavy atom. The monoisotopic (exact) mass is 334 g/mol. The largest absolute Gasteiger partial charge is 0.365 e. The van der Waals surface area contributed by atoms with Crippen LogP contribution in [0.3, 0.4) is 0 Å². The molecule has 3 rings (SSSR count). The van der Waals surface area contributed by atoms with Crippen LogP contribution in [-0.2, 0) is 12.8 Å². The summed E-state index contributed by atoms with van der Waals surface area (Å²) in [5.41, 5.74) is 7.12. The van der Waals surface area contributed by atoms with Crippen LogP contribution in [0.5, 0.6) is 0 Å². The van der Waals surface area contributed by atoms with E-state index in [9.17, 15) is 9.59 Å². The molecule has 0 aliphatic heterocycles. The molecule has 0 bridgehead atoms.